The van der Waals surface area contributed by atoms with Gasteiger partial charge in [-0.2, -0.15) is 4.73 Å². The first kappa shape index (κ1) is 30.2. The number of para-hydroxylation sites is 1. The van der Waals surface area contributed by atoms with E-state index < -0.39 is 9.04 Å². The van der Waals surface area contributed by atoms with Gasteiger partial charge in [0.05, 0.1) is 11.5 Å². The third-order valence-corrected chi connectivity index (χ3v) is 7.92. The van der Waals surface area contributed by atoms with Crippen LogP contribution in [-0.4, -0.2) is 9.04 Å². The Morgan fingerprint density at radius 2 is 1.42 bits per heavy atom. The zero-order valence-corrected chi connectivity index (χ0v) is 25.5. The molecule has 38 heavy (non-hydrogen) atoms. The lowest BCUT2D eigenvalue weighted by Crippen LogP contribution is -2.36. The molecular weight excluding hydrogens is 486 g/mol. The van der Waals surface area contributed by atoms with Gasteiger partial charge in [-0.3, -0.25) is 0 Å². The van der Waals surface area contributed by atoms with Gasteiger partial charge in [-0.05, 0) is 43.0 Å². The summed E-state index contributed by atoms with van der Waals surface area (Å²) in [5.74, 6) is 0.747. The van der Waals surface area contributed by atoms with Crippen molar-refractivity contribution in [3.8, 4) is 5.75 Å². The normalized spacial score (nSPS) is 12.8. The van der Waals surface area contributed by atoms with Gasteiger partial charge in [-0.25, -0.2) is 0 Å². The third kappa shape index (κ3) is 10.1. The van der Waals surface area contributed by atoms with Gasteiger partial charge in [-0.1, -0.05) is 115 Å². The maximum atomic E-state index is 13.5. The van der Waals surface area contributed by atoms with E-state index in [9.17, 15) is 5.21 Å². The van der Waals surface area contributed by atoms with Crippen LogP contribution in [0.15, 0.2) is 60.7 Å². The van der Waals surface area contributed by atoms with E-state index in [0.717, 1.165) is 34.3 Å². The molecular formula is C33H49NO3Si. The van der Waals surface area contributed by atoms with E-state index in [-0.39, 0.29) is 6.10 Å². The molecule has 0 radical (unpaired) electrons. The van der Waals surface area contributed by atoms with Crippen LogP contribution in [0.1, 0.15) is 102 Å². The second-order valence-corrected chi connectivity index (χ2v) is 14.5. The fourth-order valence-electron chi connectivity index (χ4n) is 5.01. The number of hydrogen-bond acceptors (Lipinski definition) is 3. The molecule has 4 nitrogen and oxygen atoms in total. The van der Waals surface area contributed by atoms with Crippen molar-refractivity contribution >= 4 is 19.9 Å². The summed E-state index contributed by atoms with van der Waals surface area (Å²) >= 11 is 0. The largest absolute Gasteiger partial charge is 0.618 e. The molecule has 1 atom stereocenters. The SMILES string of the molecule is C[SiH](C)OC(CCCCCCCCCCC(C)(C)C)c1cc(OCc2ccccc2)c2ccccc2[n+]1[O-]. The van der Waals surface area contributed by atoms with Crippen LogP contribution in [0.25, 0.3) is 10.9 Å². The van der Waals surface area contributed by atoms with Gasteiger partial charge in [-0.15, -0.1) is 0 Å². The number of fused-ring (bicyclic) bond motifs is 1. The van der Waals surface area contributed by atoms with Gasteiger partial charge >= 0.3 is 0 Å². The maximum absolute atomic E-state index is 13.5. The Balaban J connectivity index is 1.60. The molecule has 0 saturated carbocycles. The molecule has 1 aromatic heterocycles. The highest BCUT2D eigenvalue weighted by Crippen LogP contribution is 2.31. The fourth-order valence-corrected chi connectivity index (χ4v) is 5.94. The average molecular weight is 536 g/mol. The molecule has 0 fully saturated rings. The molecule has 1 heterocycles. The molecule has 0 saturated heterocycles. The maximum Gasteiger partial charge on any atom is 0.227 e. The lowest BCUT2D eigenvalue weighted by Gasteiger charge is -2.21. The highest BCUT2D eigenvalue weighted by molar-refractivity contribution is 6.48. The van der Waals surface area contributed by atoms with Crippen molar-refractivity contribution in [2.75, 3.05) is 0 Å². The van der Waals surface area contributed by atoms with E-state index in [1.807, 2.05) is 48.5 Å². The van der Waals surface area contributed by atoms with Crippen molar-refractivity contribution in [1.29, 1.82) is 0 Å². The van der Waals surface area contributed by atoms with Crippen LogP contribution < -0.4 is 9.47 Å². The number of hydrogen-bond donors (Lipinski definition) is 0. The third-order valence-electron chi connectivity index (χ3n) is 7.05. The van der Waals surface area contributed by atoms with Crippen molar-refractivity contribution < 1.29 is 13.9 Å². The van der Waals surface area contributed by atoms with Gasteiger partial charge in [0.15, 0.2) is 9.04 Å². The molecule has 0 spiro atoms. The molecule has 0 amide bonds. The van der Waals surface area contributed by atoms with Crippen molar-refractivity contribution in [2.24, 2.45) is 5.41 Å². The summed E-state index contributed by atoms with van der Waals surface area (Å²) in [5.41, 5.74) is 2.87. The summed E-state index contributed by atoms with van der Waals surface area (Å²) in [6.45, 7) is 11.8. The molecule has 0 aliphatic carbocycles. The summed E-state index contributed by atoms with van der Waals surface area (Å²) in [6.07, 6.45) is 12.2. The van der Waals surface area contributed by atoms with Crippen LogP contribution in [0, 0.1) is 10.6 Å². The Morgan fingerprint density at radius 3 is 2.08 bits per heavy atom. The number of unbranched alkanes of at least 4 members (excludes halogenated alkanes) is 7. The topological polar surface area (TPSA) is 45.4 Å². The molecule has 208 valence electrons. The van der Waals surface area contributed by atoms with E-state index in [4.69, 9.17) is 9.16 Å². The number of rotatable bonds is 16. The molecule has 0 bridgehead atoms. The van der Waals surface area contributed by atoms with E-state index in [1.54, 1.807) is 0 Å². The lowest BCUT2D eigenvalue weighted by molar-refractivity contribution is -0.590. The Bertz CT molecular complexity index is 1090. The zero-order valence-electron chi connectivity index (χ0n) is 24.4. The summed E-state index contributed by atoms with van der Waals surface area (Å²) < 4.78 is 13.8. The Hall–Kier alpha value is -2.37. The van der Waals surface area contributed by atoms with Crippen molar-refractivity contribution in [1.82, 2.24) is 0 Å². The minimum atomic E-state index is -1.35. The highest BCUT2D eigenvalue weighted by Gasteiger charge is 2.26. The van der Waals surface area contributed by atoms with Crippen molar-refractivity contribution in [3.05, 3.63) is 77.1 Å². The van der Waals surface area contributed by atoms with E-state index in [0.29, 0.717) is 23.2 Å². The van der Waals surface area contributed by atoms with Crippen LogP contribution in [0.2, 0.25) is 13.1 Å². The van der Waals surface area contributed by atoms with Crippen LogP contribution >= 0.6 is 0 Å². The molecule has 1 unspecified atom stereocenters. The number of pyridine rings is 1. The Labute approximate surface area is 232 Å². The number of aromatic nitrogens is 1. The number of benzene rings is 2. The van der Waals surface area contributed by atoms with Gasteiger partial charge in [0, 0.05) is 6.07 Å². The van der Waals surface area contributed by atoms with Gasteiger partial charge < -0.3 is 14.4 Å². The van der Waals surface area contributed by atoms with Crippen LogP contribution in [-0.2, 0) is 11.0 Å². The summed E-state index contributed by atoms with van der Waals surface area (Å²) in [5, 5.41) is 14.3. The predicted octanol–water partition coefficient (Wildman–Crippen LogP) is 9.04. The first-order chi connectivity index (χ1) is 18.2. The highest BCUT2D eigenvalue weighted by atomic mass is 28.3. The smallest absolute Gasteiger partial charge is 0.227 e. The fraction of sp³-hybridized carbons (Fsp3) is 0.545. The van der Waals surface area contributed by atoms with E-state index in [1.165, 1.54) is 51.4 Å². The second kappa shape index (κ2) is 15.3. The second-order valence-electron chi connectivity index (χ2n) is 12.1. The molecule has 0 aliphatic rings. The molecule has 2 aromatic carbocycles. The molecule has 0 aliphatic heterocycles. The summed E-state index contributed by atoms with van der Waals surface area (Å²) in [6, 6.07) is 19.8. The average Bonchev–Trinajstić information content (AvgIpc) is 2.88. The molecule has 3 aromatic rings. The molecule has 3 rings (SSSR count). The van der Waals surface area contributed by atoms with Gasteiger partial charge in [0.1, 0.15) is 18.5 Å². The van der Waals surface area contributed by atoms with Gasteiger partial charge in [0.25, 0.3) is 0 Å². The number of nitrogens with zero attached hydrogens (tertiary/aromatic N) is 1. The van der Waals surface area contributed by atoms with Gasteiger partial charge in [0.2, 0.25) is 11.2 Å². The molecule has 5 heteroatoms. The zero-order chi connectivity index (χ0) is 27.4. The minimum Gasteiger partial charge on any atom is -0.618 e. The minimum absolute atomic E-state index is 0.194. The first-order valence-corrected chi connectivity index (χ1v) is 17.5. The summed E-state index contributed by atoms with van der Waals surface area (Å²) in [7, 11) is -1.35. The van der Waals surface area contributed by atoms with Crippen LogP contribution in [0.5, 0.6) is 5.75 Å². The molecule has 0 N–H and O–H groups in total. The van der Waals surface area contributed by atoms with Crippen molar-refractivity contribution in [2.45, 2.75) is 111 Å². The Kier molecular flexibility index (Phi) is 12.1. The van der Waals surface area contributed by atoms with E-state index >= 15 is 0 Å². The van der Waals surface area contributed by atoms with E-state index in [2.05, 4.69) is 46.0 Å². The quantitative estimate of drug-likeness (QED) is 0.0795. The standard InChI is InChI=1S/C33H49NO3Si/c1-33(2,3)24-18-11-9-7-6-8-10-15-23-31(37-38(4)5)30-25-32(36-26-27-19-13-12-14-20-27)28-21-16-17-22-29(28)34(30)35/h12-14,16-17,19-22,25,31,38H,6-11,15,18,23-24,26H2,1-5H3. The summed E-state index contributed by atoms with van der Waals surface area (Å²) in [4.78, 5) is 0. The van der Waals surface area contributed by atoms with Crippen LogP contribution in [0.3, 0.4) is 0 Å². The van der Waals surface area contributed by atoms with Crippen molar-refractivity contribution in [3.63, 3.8) is 0 Å². The first-order valence-electron chi connectivity index (χ1n) is 14.7. The lowest BCUT2D eigenvalue weighted by atomic mass is 9.89. The monoisotopic (exact) mass is 535 g/mol. The number of ether oxygens (including phenoxy) is 1. The predicted molar refractivity (Wildman–Crippen MR) is 162 cm³/mol. The van der Waals surface area contributed by atoms with Crippen LogP contribution in [0.4, 0.5) is 0 Å². The Morgan fingerprint density at radius 1 is 0.816 bits per heavy atom.